The van der Waals surface area contributed by atoms with Crippen LogP contribution in [0.3, 0.4) is 0 Å². The van der Waals surface area contributed by atoms with Gasteiger partial charge in [-0.15, -0.1) is 11.3 Å². The molecule has 34 heavy (non-hydrogen) atoms. The first-order valence-electron chi connectivity index (χ1n) is 10.7. The number of hydrogen-bond donors (Lipinski definition) is 0. The number of aryl methyl sites for hydroxylation is 1. The number of esters is 1. The first-order chi connectivity index (χ1) is 16.4. The van der Waals surface area contributed by atoms with Crippen LogP contribution in [-0.4, -0.2) is 33.0 Å². The Morgan fingerprint density at radius 3 is 2.68 bits per heavy atom. The van der Waals surface area contributed by atoms with Gasteiger partial charge in [0.25, 0.3) is 0 Å². The van der Waals surface area contributed by atoms with E-state index in [0.29, 0.717) is 29.6 Å². The molecule has 176 valence electrons. The molecule has 1 amide bonds. The van der Waals surface area contributed by atoms with Crippen molar-refractivity contribution in [3.63, 3.8) is 0 Å². The Morgan fingerprint density at radius 1 is 1.18 bits per heavy atom. The first kappa shape index (κ1) is 23.9. The van der Waals surface area contributed by atoms with E-state index in [1.54, 1.807) is 37.3 Å². The fourth-order valence-electron chi connectivity index (χ4n) is 3.51. The van der Waals surface area contributed by atoms with Crippen LogP contribution in [0.25, 0.3) is 11.0 Å². The van der Waals surface area contributed by atoms with Crippen molar-refractivity contribution in [3.8, 4) is 0 Å². The van der Waals surface area contributed by atoms with Gasteiger partial charge in [0.1, 0.15) is 5.82 Å². The maximum atomic E-state index is 14.3. The molecule has 0 atom stereocenters. The van der Waals surface area contributed by atoms with Gasteiger partial charge in [-0.2, -0.15) is 0 Å². The number of hydrogen-bond acceptors (Lipinski definition) is 7. The number of thioether (sulfide) groups is 1. The highest BCUT2D eigenvalue weighted by molar-refractivity contribution is 7.98. The third-order valence-electron chi connectivity index (χ3n) is 5.03. The Balaban J connectivity index is 1.56. The number of carbonyl (C=O) groups is 2. The maximum Gasteiger partial charge on any atom is 0.338 e. The molecule has 4 aromatic rings. The second kappa shape index (κ2) is 10.4. The molecule has 2 heterocycles. The summed E-state index contributed by atoms with van der Waals surface area (Å²) in [4.78, 5) is 34.9. The summed E-state index contributed by atoms with van der Waals surface area (Å²) in [5.74, 6) is -0.649. The highest BCUT2D eigenvalue weighted by Crippen LogP contribution is 2.33. The quantitative estimate of drug-likeness (QED) is 0.226. The van der Waals surface area contributed by atoms with Crippen molar-refractivity contribution >= 4 is 56.8 Å². The van der Waals surface area contributed by atoms with Crippen molar-refractivity contribution in [2.75, 3.05) is 11.5 Å². The topological polar surface area (TPSA) is 77.3 Å². The van der Waals surface area contributed by atoms with Crippen molar-refractivity contribution in [3.05, 3.63) is 64.9 Å². The number of para-hydroxylation sites is 1. The lowest BCUT2D eigenvalue weighted by atomic mass is 10.2. The van der Waals surface area contributed by atoms with Gasteiger partial charge in [-0.25, -0.2) is 19.2 Å². The predicted molar refractivity (Wildman–Crippen MR) is 132 cm³/mol. The summed E-state index contributed by atoms with van der Waals surface area (Å²) < 4.78 is 21.5. The molecule has 0 saturated carbocycles. The van der Waals surface area contributed by atoms with Crippen molar-refractivity contribution < 1.29 is 18.7 Å². The van der Waals surface area contributed by atoms with Crippen LogP contribution in [0.5, 0.6) is 0 Å². The number of thiazole rings is 1. The van der Waals surface area contributed by atoms with Gasteiger partial charge >= 0.3 is 5.97 Å². The van der Waals surface area contributed by atoms with Gasteiger partial charge in [0.2, 0.25) is 5.91 Å². The fourth-order valence-corrected chi connectivity index (χ4v) is 5.47. The average Bonchev–Trinajstić information content (AvgIpc) is 3.42. The number of amides is 1. The van der Waals surface area contributed by atoms with Crippen LogP contribution in [0, 0.1) is 5.82 Å². The molecule has 7 nitrogen and oxygen atoms in total. The van der Waals surface area contributed by atoms with E-state index in [-0.39, 0.29) is 17.6 Å². The minimum atomic E-state index is -0.484. The van der Waals surface area contributed by atoms with Crippen molar-refractivity contribution in [1.82, 2.24) is 14.5 Å². The number of carbonyl (C=O) groups excluding carboxylic acids is 2. The highest BCUT2D eigenvalue weighted by atomic mass is 32.2. The normalized spacial score (nSPS) is 11.1. The van der Waals surface area contributed by atoms with Crippen LogP contribution in [0.4, 0.5) is 15.2 Å². The molecule has 10 heteroatoms. The zero-order valence-corrected chi connectivity index (χ0v) is 20.6. The summed E-state index contributed by atoms with van der Waals surface area (Å²) in [5, 5.41) is 3.07. The Hall–Kier alpha value is -3.24. The maximum absolute atomic E-state index is 14.3. The van der Waals surface area contributed by atoms with Gasteiger partial charge in [-0.05, 0) is 44.2 Å². The summed E-state index contributed by atoms with van der Waals surface area (Å²) in [5.41, 5.74) is 3.05. The SMILES string of the molecule is CCOC(=O)c1ccc2c(c1)nc(SCc1csc(N(C(C)=O)c3ccccc3F)n1)n2CC. The van der Waals surface area contributed by atoms with Crippen LogP contribution < -0.4 is 4.90 Å². The van der Waals surface area contributed by atoms with E-state index < -0.39 is 5.82 Å². The van der Waals surface area contributed by atoms with E-state index in [2.05, 4.69) is 9.55 Å². The molecule has 0 aliphatic rings. The minimum Gasteiger partial charge on any atom is -0.462 e. The van der Waals surface area contributed by atoms with E-state index in [0.717, 1.165) is 21.9 Å². The van der Waals surface area contributed by atoms with E-state index in [4.69, 9.17) is 9.72 Å². The third-order valence-corrected chi connectivity index (χ3v) is 6.91. The summed E-state index contributed by atoms with van der Waals surface area (Å²) in [6, 6.07) is 11.5. The number of nitrogens with zero attached hydrogens (tertiary/aromatic N) is 4. The van der Waals surface area contributed by atoms with Crippen molar-refractivity contribution in [2.45, 2.75) is 38.2 Å². The molecule has 0 radical (unpaired) electrons. The lowest BCUT2D eigenvalue weighted by Gasteiger charge is -2.18. The Labute approximate surface area is 204 Å². The van der Waals surface area contributed by atoms with Crippen molar-refractivity contribution in [1.29, 1.82) is 0 Å². The van der Waals surface area contributed by atoms with E-state index in [1.807, 2.05) is 18.4 Å². The van der Waals surface area contributed by atoms with E-state index in [1.165, 1.54) is 41.0 Å². The van der Waals surface area contributed by atoms with Crippen LogP contribution in [0.2, 0.25) is 0 Å². The number of anilines is 2. The molecular formula is C24H23FN4O3S2. The predicted octanol–water partition coefficient (Wildman–Crippen LogP) is 5.81. The van der Waals surface area contributed by atoms with Crippen LogP contribution >= 0.6 is 23.1 Å². The molecule has 0 aliphatic heterocycles. The van der Waals surface area contributed by atoms with E-state index >= 15 is 0 Å². The Bertz CT molecular complexity index is 1350. The minimum absolute atomic E-state index is 0.175. The molecular weight excluding hydrogens is 475 g/mol. The molecule has 0 unspecified atom stereocenters. The molecule has 2 aromatic carbocycles. The summed E-state index contributed by atoms with van der Waals surface area (Å²) in [7, 11) is 0. The monoisotopic (exact) mass is 498 g/mol. The third kappa shape index (κ3) is 4.83. The van der Waals surface area contributed by atoms with Crippen LogP contribution in [0.1, 0.15) is 36.8 Å². The number of rotatable bonds is 8. The number of fused-ring (bicyclic) bond motifs is 1. The zero-order chi connectivity index (χ0) is 24.2. The summed E-state index contributed by atoms with van der Waals surface area (Å²) in [6.45, 7) is 6.22. The lowest BCUT2D eigenvalue weighted by molar-refractivity contribution is -0.115. The molecule has 2 aromatic heterocycles. The standard InChI is InChI=1S/C24H23FN4O3S2/c1-4-28-21-11-10-16(22(31)32-5-2)12-19(21)27-23(28)33-13-17-14-34-24(26-17)29(15(3)30)20-9-7-6-8-18(20)25/h6-12,14H,4-5,13H2,1-3H3. The number of imidazole rings is 1. The highest BCUT2D eigenvalue weighted by Gasteiger charge is 2.21. The number of benzene rings is 2. The van der Waals surface area contributed by atoms with Gasteiger partial charge in [-0.1, -0.05) is 23.9 Å². The average molecular weight is 499 g/mol. The smallest absolute Gasteiger partial charge is 0.338 e. The van der Waals surface area contributed by atoms with Gasteiger partial charge in [-0.3, -0.25) is 9.69 Å². The molecule has 0 N–H and O–H groups in total. The van der Waals surface area contributed by atoms with Gasteiger partial charge in [0, 0.05) is 24.6 Å². The number of aromatic nitrogens is 3. The van der Waals surface area contributed by atoms with Gasteiger partial charge in [0.05, 0.1) is 34.6 Å². The van der Waals surface area contributed by atoms with Crippen molar-refractivity contribution in [2.24, 2.45) is 0 Å². The summed E-state index contributed by atoms with van der Waals surface area (Å²) in [6.07, 6.45) is 0. The molecule has 0 spiro atoms. The lowest BCUT2D eigenvalue weighted by Crippen LogP contribution is -2.23. The largest absolute Gasteiger partial charge is 0.462 e. The Morgan fingerprint density at radius 2 is 1.97 bits per heavy atom. The van der Waals surface area contributed by atoms with E-state index in [9.17, 15) is 14.0 Å². The summed E-state index contributed by atoms with van der Waals surface area (Å²) >= 11 is 2.79. The molecule has 0 fully saturated rings. The van der Waals surface area contributed by atoms with Crippen LogP contribution in [-0.2, 0) is 21.8 Å². The van der Waals surface area contributed by atoms with Crippen LogP contribution in [0.15, 0.2) is 53.0 Å². The number of halogens is 1. The second-order valence-electron chi connectivity index (χ2n) is 7.28. The fraction of sp³-hybridized carbons (Fsp3) is 0.250. The molecule has 4 rings (SSSR count). The second-order valence-corrected chi connectivity index (χ2v) is 9.06. The van der Waals surface area contributed by atoms with Gasteiger partial charge in [0.15, 0.2) is 10.3 Å². The number of ether oxygens (including phenoxy) is 1. The molecule has 0 aliphatic carbocycles. The van der Waals surface area contributed by atoms with Gasteiger partial charge < -0.3 is 9.30 Å². The molecule has 0 bridgehead atoms. The first-order valence-corrected chi connectivity index (χ1v) is 12.6. The molecule has 0 saturated heterocycles. The zero-order valence-electron chi connectivity index (χ0n) is 18.9. The Kier molecular flexibility index (Phi) is 7.28.